The van der Waals surface area contributed by atoms with Crippen molar-refractivity contribution in [3.05, 3.63) is 29.3 Å². The molecular formula is C18H19ClO3. The highest BCUT2D eigenvalue weighted by Gasteiger charge is 2.51. The van der Waals surface area contributed by atoms with Crippen LogP contribution in [0.3, 0.4) is 0 Å². The summed E-state index contributed by atoms with van der Waals surface area (Å²) in [5, 5.41) is 22.6. The molecule has 2 aliphatic carbocycles. The van der Waals surface area contributed by atoms with Crippen LogP contribution >= 0.6 is 11.6 Å². The molecule has 2 N–H and O–H groups in total. The summed E-state index contributed by atoms with van der Waals surface area (Å²) in [4.78, 5) is 11.3. The van der Waals surface area contributed by atoms with Gasteiger partial charge in [-0.25, -0.2) is 0 Å². The molecule has 1 fully saturated rings. The zero-order chi connectivity index (χ0) is 15.8. The molecular weight excluding hydrogens is 300 g/mol. The third kappa shape index (κ3) is 2.41. The largest absolute Gasteiger partial charge is 0.508 e. The lowest BCUT2D eigenvalue weighted by atomic mass is 9.53. The van der Waals surface area contributed by atoms with Gasteiger partial charge in [0.15, 0.2) is 0 Å². The van der Waals surface area contributed by atoms with E-state index in [1.54, 1.807) is 12.1 Å². The number of aldehydes is 1. The molecule has 1 saturated carbocycles. The second-order valence-corrected chi connectivity index (χ2v) is 6.75. The summed E-state index contributed by atoms with van der Waals surface area (Å²) in [5.74, 6) is 3.19. The number of hydrogen-bond donors (Lipinski definition) is 2. The highest BCUT2D eigenvalue weighted by molar-refractivity contribution is 6.30. The first kappa shape index (κ1) is 15.4. The predicted octanol–water partition coefficient (Wildman–Crippen LogP) is 2.90. The second-order valence-electron chi connectivity index (χ2n) is 6.56. The van der Waals surface area contributed by atoms with Gasteiger partial charge in [0.2, 0.25) is 0 Å². The van der Waals surface area contributed by atoms with Gasteiger partial charge in [0.1, 0.15) is 17.6 Å². The van der Waals surface area contributed by atoms with Crippen molar-refractivity contribution >= 4 is 17.9 Å². The maximum atomic E-state index is 11.3. The number of rotatable bonds is 2. The summed E-state index contributed by atoms with van der Waals surface area (Å²) in [6.45, 7) is 0. The maximum absolute atomic E-state index is 11.3. The van der Waals surface area contributed by atoms with E-state index in [4.69, 9.17) is 11.6 Å². The Morgan fingerprint density at radius 2 is 2.23 bits per heavy atom. The summed E-state index contributed by atoms with van der Waals surface area (Å²) < 4.78 is 0. The molecule has 0 heterocycles. The minimum absolute atomic E-state index is 0.200. The first-order valence-corrected chi connectivity index (χ1v) is 8.02. The molecule has 0 saturated heterocycles. The zero-order valence-electron chi connectivity index (χ0n) is 12.3. The standard InChI is InChI=1S/C18H19ClO3/c19-9-7-17(22)5-6-18(8-10-20)14(12-17)2-1-13-11-15(21)3-4-16(13)18/h3-4,10-11,14,21-22H,1-2,5-6,8,12H2/t14-,17+,18+/m1/s1. The van der Waals surface area contributed by atoms with Gasteiger partial charge in [-0.05, 0) is 72.9 Å². The van der Waals surface area contributed by atoms with Crippen molar-refractivity contribution in [2.24, 2.45) is 5.92 Å². The van der Waals surface area contributed by atoms with Crippen LogP contribution in [0.1, 0.15) is 43.2 Å². The molecule has 3 rings (SSSR count). The molecule has 0 bridgehead atoms. The molecule has 0 amide bonds. The predicted molar refractivity (Wildman–Crippen MR) is 84.7 cm³/mol. The Labute approximate surface area is 135 Å². The van der Waals surface area contributed by atoms with Crippen molar-refractivity contribution in [3.63, 3.8) is 0 Å². The summed E-state index contributed by atoms with van der Waals surface area (Å²) in [5.41, 5.74) is 0.970. The fourth-order valence-corrected chi connectivity index (χ4v) is 4.58. The van der Waals surface area contributed by atoms with Gasteiger partial charge in [-0.3, -0.25) is 0 Å². The third-order valence-corrected chi connectivity index (χ3v) is 5.56. The van der Waals surface area contributed by atoms with Gasteiger partial charge in [-0.2, -0.15) is 0 Å². The molecule has 0 unspecified atom stereocenters. The molecule has 2 aliphatic rings. The Hall–Kier alpha value is -1.50. The molecule has 3 nitrogen and oxygen atoms in total. The van der Waals surface area contributed by atoms with E-state index in [-0.39, 0.29) is 17.1 Å². The molecule has 3 atom stereocenters. The number of phenols is 1. The fraction of sp³-hybridized carbons (Fsp3) is 0.500. The average molecular weight is 319 g/mol. The molecule has 0 radical (unpaired) electrons. The van der Waals surface area contributed by atoms with Crippen LogP contribution in [0.4, 0.5) is 0 Å². The van der Waals surface area contributed by atoms with Crippen LogP contribution in [-0.4, -0.2) is 22.1 Å². The van der Waals surface area contributed by atoms with Crippen LogP contribution in [0.25, 0.3) is 0 Å². The van der Waals surface area contributed by atoms with Crippen molar-refractivity contribution in [3.8, 4) is 17.0 Å². The lowest BCUT2D eigenvalue weighted by Crippen LogP contribution is -2.49. The van der Waals surface area contributed by atoms with E-state index in [2.05, 4.69) is 11.3 Å². The van der Waals surface area contributed by atoms with Gasteiger partial charge in [0, 0.05) is 17.2 Å². The van der Waals surface area contributed by atoms with E-state index in [9.17, 15) is 15.0 Å². The monoisotopic (exact) mass is 318 g/mol. The van der Waals surface area contributed by atoms with Crippen molar-refractivity contribution in [2.75, 3.05) is 0 Å². The van der Waals surface area contributed by atoms with E-state index in [1.807, 2.05) is 6.07 Å². The SMILES string of the molecule is O=CC[C@@]12CC[C@](O)(C#CCl)C[C@H]1CCc1cc(O)ccc12. The number of benzene rings is 1. The van der Waals surface area contributed by atoms with Crippen molar-refractivity contribution in [2.45, 2.75) is 49.5 Å². The second kappa shape index (κ2) is 5.61. The summed E-state index contributed by atoms with van der Waals surface area (Å²) in [7, 11) is 0. The van der Waals surface area contributed by atoms with Gasteiger partial charge in [0.25, 0.3) is 0 Å². The lowest BCUT2D eigenvalue weighted by molar-refractivity contribution is -0.111. The van der Waals surface area contributed by atoms with Gasteiger partial charge in [-0.15, -0.1) is 0 Å². The Balaban J connectivity index is 2.04. The summed E-state index contributed by atoms with van der Waals surface area (Å²) in [6, 6.07) is 5.43. The lowest BCUT2D eigenvalue weighted by Gasteiger charge is -2.51. The van der Waals surface area contributed by atoms with Gasteiger partial charge in [0.05, 0.1) is 0 Å². The Bertz CT molecular complexity index is 660. The minimum atomic E-state index is -1.05. The van der Waals surface area contributed by atoms with E-state index >= 15 is 0 Å². The van der Waals surface area contributed by atoms with Crippen LogP contribution in [0, 0.1) is 17.2 Å². The third-order valence-electron chi connectivity index (χ3n) is 5.47. The number of fused-ring (bicyclic) bond motifs is 3. The van der Waals surface area contributed by atoms with Crippen molar-refractivity contribution < 1.29 is 15.0 Å². The van der Waals surface area contributed by atoms with Crippen LogP contribution in [0.2, 0.25) is 0 Å². The Morgan fingerprint density at radius 1 is 1.41 bits per heavy atom. The molecule has 116 valence electrons. The smallest absolute Gasteiger partial charge is 0.127 e. The first-order valence-electron chi connectivity index (χ1n) is 7.64. The molecule has 0 spiro atoms. The van der Waals surface area contributed by atoms with Gasteiger partial charge in [-0.1, -0.05) is 12.0 Å². The van der Waals surface area contributed by atoms with Crippen molar-refractivity contribution in [1.29, 1.82) is 0 Å². The first-order chi connectivity index (χ1) is 10.5. The number of phenolic OH excluding ortho intramolecular Hbond substituents is 1. The Kier molecular flexibility index (Phi) is 3.92. The normalized spacial score (nSPS) is 33.1. The highest BCUT2D eigenvalue weighted by atomic mass is 35.5. The number of aryl methyl sites for hydroxylation is 1. The molecule has 1 aromatic rings. The van der Waals surface area contributed by atoms with Gasteiger partial charge < -0.3 is 15.0 Å². The quantitative estimate of drug-likeness (QED) is 0.651. The fourth-order valence-electron chi connectivity index (χ4n) is 4.40. The van der Waals surface area contributed by atoms with E-state index in [0.29, 0.717) is 25.7 Å². The minimum Gasteiger partial charge on any atom is -0.508 e. The Morgan fingerprint density at radius 3 is 2.95 bits per heavy atom. The number of carbonyl (C=O) groups excluding carboxylic acids is 1. The van der Waals surface area contributed by atoms with E-state index in [1.165, 1.54) is 0 Å². The van der Waals surface area contributed by atoms with Crippen LogP contribution in [-0.2, 0) is 16.6 Å². The van der Waals surface area contributed by atoms with Crippen LogP contribution in [0.5, 0.6) is 5.75 Å². The van der Waals surface area contributed by atoms with E-state index < -0.39 is 5.60 Å². The maximum Gasteiger partial charge on any atom is 0.127 e. The summed E-state index contributed by atoms with van der Waals surface area (Å²) >= 11 is 5.49. The molecule has 4 heteroatoms. The number of halogens is 1. The zero-order valence-corrected chi connectivity index (χ0v) is 13.1. The average Bonchev–Trinajstić information content (AvgIpc) is 2.48. The number of aromatic hydroxyl groups is 1. The topological polar surface area (TPSA) is 57.5 Å². The van der Waals surface area contributed by atoms with Crippen molar-refractivity contribution in [1.82, 2.24) is 0 Å². The highest BCUT2D eigenvalue weighted by Crippen LogP contribution is 2.54. The number of aliphatic hydroxyl groups is 1. The van der Waals surface area contributed by atoms with Gasteiger partial charge >= 0.3 is 0 Å². The number of hydrogen-bond acceptors (Lipinski definition) is 3. The van der Waals surface area contributed by atoms with Crippen LogP contribution < -0.4 is 0 Å². The molecule has 1 aromatic carbocycles. The number of carbonyl (C=O) groups is 1. The summed E-state index contributed by atoms with van der Waals surface area (Å²) in [6.07, 6.45) is 4.91. The molecule has 0 aliphatic heterocycles. The molecule has 0 aromatic heterocycles. The van der Waals surface area contributed by atoms with Crippen LogP contribution in [0.15, 0.2) is 18.2 Å². The molecule has 22 heavy (non-hydrogen) atoms. The van der Waals surface area contributed by atoms with E-state index in [0.717, 1.165) is 30.3 Å².